The van der Waals surface area contributed by atoms with Gasteiger partial charge in [0.05, 0.1) is 12.1 Å². The third kappa shape index (κ3) is 13.6. The van der Waals surface area contributed by atoms with Gasteiger partial charge in [-0.1, -0.05) is 120 Å². The summed E-state index contributed by atoms with van der Waals surface area (Å²) in [6.07, 6.45) is 17.6. The van der Waals surface area contributed by atoms with E-state index in [0.717, 1.165) is 87.2 Å². The number of unbranched alkanes of at least 4 members (excludes halogenated alkanes) is 4. The lowest BCUT2D eigenvalue weighted by atomic mass is 9.84. The van der Waals surface area contributed by atoms with Gasteiger partial charge in [-0.2, -0.15) is 0 Å². The molecule has 0 spiro atoms. The SMILES string of the molecule is CCCCN(CCCC)Cc1cc(C=N[C@@H]2CCCC[C@H]2N=Cc2cc(CN(CCCC)CCCC)cc(C(C)(C)C)c2O)c(O)c(C(C)(C)C)c1. The van der Waals surface area contributed by atoms with Gasteiger partial charge in [-0.25, -0.2) is 0 Å². The largest absolute Gasteiger partial charge is 0.507 e. The molecule has 2 aromatic carbocycles. The number of benzene rings is 2. The lowest BCUT2D eigenvalue weighted by Gasteiger charge is -2.27. The Morgan fingerprint density at radius 3 is 1.19 bits per heavy atom. The monoisotopic (exact) mass is 717 g/mol. The molecular formula is C46H76N4O2. The van der Waals surface area contributed by atoms with Crippen LogP contribution in [-0.2, 0) is 23.9 Å². The Hall–Kier alpha value is -2.70. The third-order valence-electron chi connectivity index (χ3n) is 10.6. The van der Waals surface area contributed by atoms with E-state index < -0.39 is 0 Å². The first-order valence-corrected chi connectivity index (χ1v) is 20.9. The normalized spacial score (nSPS) is 17.4. The highest BCUT2D eigenvalue weighted by Gasteiger charge is 2.26. The van der Waals surface area contributed by atoms with Gasteiger partial charge in [-0.05, 0) is 98.8 Å². The minimum absolute atomic E-state index is 0.0303. The summed E-state index contributed by atoms with van der Waals surface area (Å²) in [5.41, 5.74) is 5.65. The molecular weight excluding hydrogens is 641 g/mol. The van der Waals surface area contributed by atoms with Crippen molar-refractivity contribution >= 4 is 12.4 Å². The summed E-state index contributed by atoms with van der Waals surface area (Å²) in [7, 11) is 0. The van der Waals surface area contributed by atoms with Gasteiger partial charge in [0.15, 0.2) is 0 Å². The number of rotatable bonds is 20. The second-order valence-corrected chi connectivity index (χ2v) is 17.6. The lowest BCUT2D eigenvalue weighted by Crippen LogP contribution is -2.27. The molecule has 0 saturated heterocycles. The number of hydrogen-bond acceptors (Lipinski definition) is 6. The highest BCUT2D eigenvalue weighted by molar-refractivity contribution is 5.86. The van der Waals surface area contributed by atoms with E-state index in [-0.39, 0.29) is 22.9 Å². The summed E-state index contributed by atoms with van der Waals surface area (Å²) in [6, 6.07) is 8.80. The van der Waals surface area contributed by atoms with Crippen LogP contribution in [-0.4, -0.2) is 70.7 Å². The number of hydrogen-bond donors (Lipinski definition) is 2. The van der Waals surface area contributed by atoms with Gasteiger partial charge < -0.3 is 10.2 Å². The zero-order valence-corrected chi connectivity index (χ0v) is 35.0. The maximum absolute atomic E-state index is 11.6. The van der Waals surface area contributed by atoms with Crippen LogP contribution < -0.4 is 0 Å². The van der Waals surface area contributed by atoms with E-state index in [4.69, 9.17) is 9.98 Å². The van der Waals surface area contributed by atoms with Crippen molar-refractivity contribution < 1.29 is 10.2 Å². The number of nitrogens with zero attached hydrogens (tertiary/aromatic N) is 4. The van der Waals surface area contributed by atoms with Crippen molar-refractivity contribution in [2.75, 3.05) is 26.2 Å². The second-order valence-electron chi connectivity index (χ2n) is 17.6. The summed E-state index contributed by atoms with van der Waals surface area (Å²) < 4.78 is 0. The Balaban J connectivity index is 1.95. The van der Waals surface area contributed by atoms with E-state index >= 15 is 0 Å². The predicted octanol–water partition coefficient (Wildman–Crippen LogP) is 11.3. The fourth-order valence-electron chi connectivity index (χ4n) is 7.34. The number of phenolic OH excluding ortho intramolecular Hbond substituents is 2. The van der Waals surface area contributed by atoms with Crippen molar-refractivity contribution in [3.8, 4) is 11.5 Å². The number of aliphatic imine (C=N–C) groups is 2. The standard InChI is InChI=1S/C46H76N4O2/c1-11-15-23-49(24-16-12-2)33-35-27-37(43(51)39(29-35)45(5,6)7)31-47-41-21-19-20-22-42(41)48-32-38-28-36(30-40(44(38)52)46(8,9)10)34-50(25-17-13-3)26-18-14-4/h27-32,41-42,51-52H,11-26,33-34H2,1-10H3/t41-,42-/m1/s1. The van der Waals surface area contributed by atoms with Crippen molar-refractivity contribution in [2.45, 2.75) is 182 Å². The molecule has 0 radical (unpaired) electrons. The first kappa shape index (κ1) is 43.7. The highest BCUT2D eigenvalue weighted by atomic mass is 16.3. The topological polar surface area (TPSA) is 71.7 Å². The fraction of sp³-hybridized carbons (Fsp3) is 0.696. The van der Waals surface area contributed by atoms with E-state index in [1.165, 1.54) is 62.5 Å². The molecule has 2 N–H and O–H groups in total. The van der Waals surface area contributed by atoms with Crippen LogP contribution in [0.15, 0.2) is 34.3 Å². The molecule has 1 aliphatic carbocycles. The maximum Gasteiger partial charge on any atom is 0.128 e. The minimum Gasteiger partial charge on any atom is -0.507 e. The van der Waals surface area contributed by atoms with Crippen molar-refractivity contribution in [2.24, 2.45) is 9.98 Å². The summed E-state index contributed by atoms with van der Waals surface area (Å²) in [6.45, 7) is 28.2. The third-order valence-corrected chi connectivity index (χ3v) is 10.6. The predicted molar refractivity (Wildman–Crippen MR) is 225 cm³/mol. The average molecular weight is 717 g/mol. The fourth-order valence-corrected chi connectivity index (χ4v) is 7.34. The minimum atomic E-state index is -0.191. The van der Waals surface area contributed by atoms with E-state index in [0.29, 0.717) is 11.5 Å². The lowest BCUT2D eigenvalue weighted by molar-refractivity contribution is 0.257. The molecule has 0 aromatic heterocycles. The Morgan fingerprint density at radius 2 is 0.904 bits per heavy atom. The molecule has 1 aliphatic rings. The van der Waals surface area contributed by atoms with Gasteiger partial charge in [0.25, 0.3) is 0 Å². The quantitative estimate of drug-likeness (QED) is 0.134. The summed E-state index contributed by atoms with van der Waals surface area (Å²) in [5.74, 6) is 0.681. The van der Waals surface area contributed by atoms with Gasteiger partial charge in [0.1, 0.15) is 11.5 Å². The molecule has 292 valence electrons. The molecule has 0 amide bonds. The van der Waals surface area contributed by atoms with Crippen molar-refractivity contribution in [3.05, 3.63) is 57.6 Å². The second kappa shape index (κ2) is 21.3. The number of phenols is 2. The Morgan fingerprint density at radius 1 is 0.577 bits per heavy atom. The highest BCUT2D eigenvalue weighted by Crippen LogP contribution is 2.36. The van der Waals surface area contributed by atoms with Crippen LogP contribution >= 0.6 is 0 Å². The Kier molecular flexibility index (Phi) is 17.9. The van der Waals surface area contributed by atoms with Crippen molar-refractivity contribution in [1.29, 1.82) is 0 Å². The molecule has 1 saturated carbocycles. The number of aromatic hydroxyl groups is 2. The van der Waals surface area contributed by atoms with E-state index in [1.54, 1.807) is 0 Å². The summed E-state index contributed by atoms with van der Waals surface area (Å²) in [4.78, 5) is 15.5. The van der Waals surface area contributed by atoms with Gasteiger partial charge in [-0.15, -0.1) is 0 Å². The molecule has 0 unspecified atom stereocenters. The average Bonchev–Trinajstić information content (AvgIpc) is 3.09. The van der Waals surface area contributed by atoms with E-state index in [2.05, 4.69) is 103 Å². The molecule has 2 atom stereocenters. The molecule has 6 nitrogen and oxygen atoms in total. The van der Waals surface area contributed by atoms with Crippen molar-refractivity contribution in [3.63, 3.8) is 0 Å². The van der Waals surface area contributed by atoms with Gasteiger partial charge >= 0.3 is 0 Å². The smallest absolute Gasteiger partial charge is 0.128 e. The van der Waals surface area contributed by atoms with Gasteiger partial charge in [-0.3, -0.25) is 19.8 Å². The maximum atomic E-state index is 11.6. The van der Waals surface area contributed by atoms with Crippen LogP contribution in [0.5, 0.6) is 11.5 Å². The molecule has 3 rings (SSSR count). The van der Waals surface area contributed by atoms with Crippen molar-refractivity contribution in [1.82, 2.24) is 9.80 Å². The first-order chi connectivity index (χ1) is 24.7. The molecule has 6 heteroatoms. The van der Waals surface area contributed by atoms with E-state index in [1.807, 2.05) is 12.4 Å². The molecule has 2 aromatic rings. The van der Waals surface area contributed by atoms with E-state index in [9.17, 15) is 10.2 Å². The van der Waals surface area contributed by atoms with Gasteiger partial charge in [0, 0.05) is 47.8 Å². The molecule has 0 bridgehead atoms. The first-order valence-electron chi connectivity index (χ1n) is 20.9. The van der Waals surface area contributed by atoms with Gasteiger partial charge in [0.2, 0.25) is 0 Å². The molecule has 1 fully saturated rings. The molecule has 0 heterocycles. The zero-order valence-electron chi connectivity index (χ0n) is 35.0. The Labute approximate surface area is 319 Å². The van der Waals surface area contributed by atoms with Crippen LogP contribution in [0.3, 0.4) is 0 Å². The summed E-state index contributed by atoms with van der Waals surface area (Å²) >= 11 is 0. The van der Waals surface area contributed by atoms with Crippen LogP contribution in [0, 0.1) is 0 Å². The van der Waals surface area contributed by atoms with Crippen LogP contribution in [0.2, 0.25) is 0 Å². The molecule has 52 heavy (non-hydrogen) atoms. The van der Waals surface area contributed by atoms with Crippen LogP contribution in [0.1, 0.15) is 180 Å². The summed E-state index contributed by atoms with van der Waals surface area (Å²) in [5, 5.41) is 23.1. The zero-order chi connectivity index (χ0) is 38.3. The molecule has 0 aliphatic heterocycles. The Bertz CT molecular complexity index is 1290. The van der Waals surface area contributed by atoms with Crippen LogP contribution in [0.25, 0.3) is 0 Å². The van der Waals surface area contributed by atoms with Crippen LogP contribution in [0.4, 0.5) is 0 Å².